The van der Waals surface area contributed by atoms with Gasteiger partial charge >= 0.3 is 12.1 Å². The number of rotatable bonds is 1. The number of benzene rings is 1. The molecular weight excluding hydrogens is 303 g/mol. The number of ether oxygens (including phenoxy) is 1. The third kappa shape index (κ3) is 2.23. The first-order valence-corrected chi connectivity index (χ1v) is 6.76. The van der Waals surface area contributed by atoms with E-state index in [2.05, 4.69) is 9.72 Å². The highest BCUT2D eigenvalue weighted by molar-refractivity contribution is 7.17. The van der Waals surface area contributed by atoms with E-state index < -0.39 is 17.8 Å². The number of thiophene rings is 1. The lowest BCUT2D eigenvalue weighted by molar-refractivity contribution is -0.139. The van der Waals surface area contributed by atoms with Crippen molar-refractivity contribution >= 4 is 38.3 Å². The fourth-order valence-corrected chi connectivity index (χ4v) is 3.08. The smallest absolute Gasteiger partial charge is 0.434 e. The number of halogens is 3. The molecule has 2 heterocycles. The third-order valence-corrected chi connectivity index (χ3v) is 4.01. The molecule has 1 aromatic carbocycles. The van der Waals surface area contributed by atoms with E-state index >= 15 is 0 Å². The molecule has 3 nitrogen and oxygen atoms in total. The van der Waals surface area contributed by atoms with Crippen LogP contribution in [0, 0.1) is 0 Å². The zero-order chi connectivity index (χ0) is 15.2. The summed E-state index contributed by atoms with van der Waals surface area (Å²) in [6.45, 7) is 0. The van der Waals surface area contributed by atoms with Gasteiger partial charge < -0.3 is 4.74 Å². The Kier molecular flexibility index (Phi) is 3.09. The lowest BCUT2D eigenvalue weighted by atomic mass is 10.1. The summed E-state index contributed by atoms with van der Waals surface area (Å²) >= 11 is 0.977. The number of alkyl halides is 3. The number of hydrogen-bond acceptors (Lipinski definition) is 4. The van der Waals surface area contributed by atoms with Gasteiger partial charge in [0.2, 0.25) is 0 Å². The predicted molar refractivity (Wildman–Crippen MR) is 73.5 cm³/mol. The van der Waals surface area contributed by atoms with Crippen molar-refractivity contribution in [2.75, 3.05) is 7.11 Å². The second kappa shape index (κ2) is 4.70. The molecule has 0 saturated heterocycles. The summed E-state index contributed by atoms with van der Waals surface area (Å²) in [5.41, 5.74) is -0.425. The fourth-order valence-electron chi connectivity index (χ4n) is 2.16. The van der Waals surface area contributed by atoms with Gasteiger partial charge in [-0.25, -0.2) is 9.78 Å². The standard InChI is InChI=1S/C14H8F3NO2S/c1-20-13(19)7-2-3-10-9(6-7)8-4-5-21-11(8)12(18-10)14(15,16)17/h2-6H,1H3. The van der Waals surface area contributed by atoms with Crippen LogP contribution in [0.5, 0.6) is 0 Å². The van der Waals surface area contributed by atoms with Crippen LogP contribution in [0.4, 0.5) is 13.2 Å². The highest BCUT2D eigenvalue weighted by atomic mass is 32.1. The van der Waals surface area contributed by atoms with Gasteiger partial charge in [-0.2, -0.15) is 13.2 Å². The minimum atomic E-state index is -4.52. The van der Waals surface area contributed by atoms with Crippen LogP contribution in [0.3, 0.4) is 0 Å². The van der Waals surface area contributed by atoms with Crippen LogP contribution in [-0.2, 0) is 10.9 Å². The van der Waals surface area contributed by atoms with Crippen LogP contribution in [0.25, 0.3) is 21.0 Å². The molecule has 21 heavy (non-hydrogen) atoms. The molecule has 0 spiro atoms. The maximum absolute atomic E-state index is 13.1. The molecule has 0 atom stereocenters. The van der Waals surface area contributed by atoms with Crippen LogP contribution < -0.4 is 0 Å². The number of hydrogen-bond donors (Lipinski definition) is 0. The van der Waals surface area contributed by atoms with Crippen molar-refractivity contribution in [2.45, 2.75) is 6.18 Å². The highest BCUT2D eigenvalue weighted by Gasteiger charge is 2.35. The fraction of sp³-hybridized carbons (Fsp3) is 0.143. The Morgan fingerprint density at radius 2 is 2.00 bits per heavy atom. The van der Waals surface area contributed by atoms with Crippen molar-refractivity contribution in [3.05, 3.63) is 40.9 Å². The minimum absolute atomic E-state index is 0.0667. The molecule has 108 valence electrons. The Bertz CT molecular complexity index is 854. The summed E-state index contributed by atoms with van der Waals surface area (Å²) in [6, 6.07) is 5.90. The summed E-state index contributed by atoms with van der Waals surface area (Å²) in [5, 5.41) is 2.51. The molecule has 0 bridgehead atoms. The van der Waals surface area contributed by atoms with Gasteiger partial charge in [0.15, 0.2) is 5.69 Å². The van der Waals surface area contributed by atoms with Crippen LogP contribution in [0.1, 0.15) is 16.1 Å². The van der Waals surface area contributed by atoms with Crippen molar-refractivity contribution < 1.29 is 22.7 Å². The molecule has 0 aliphatic carbocycles. The van der Waals surface area contributed by atoms with E-state index in [1.54, 1.807) is 11.4 Å². The normalized spacial score (nSPS) is 12.0. The lowest BCUT2D eigenvalue weighted by Crippen LogP contribution is -2.08. The quantitative estimate of drug-likeness (QED) is 0.631. The van der Waals surface area contributed by atoms with Crippen LogP contribution >= 0.6 is 11.3 Å². The molecule has 7 heteroatoms. The van der Waals surface area contributed by atoms with Crippen molar-refractivity contribution in [1.82, 2.24) is 4.98 Å². The van der Waals surface area contributed by atoms with Gasteiger partial charge in [-0.1, -0.05) is 0 Å². The maximum Gasteiger partial charge on any atom is 0.434 e. The second-order valence-electron chi connectivity index (χ2n) is 4.35. The van der Waals surface area contributed by atoms with Gasteiger partial charge in [-0.05, 0) is 29.6 Å². The number of esters is 1. The van der Waals surface area contributed by atoms with E-state index in [1.165, 1.54) is 25.3 Å². The predicted octanol–water partition coefficient (Wildman–Crippen LogP) is 4.25. The first-order chi connectivity index (χ1) is 9.91. The van der Waals surface area contributed by atoms with Gasteiger partial charge in [0.05, 0.1) is 22.9 Å². The monoisotopic (exact) mass is 311 g/mol. The zero-order valence-corrected chi connectivity index (χ0v) is 11.5. The van der Waals surface area contributed by atoms with Gasteiger partial charge in [0.1, 0.15) is 0 Å². The molecule has 0 N–H and O–H groups in total. The van der Waals surface area contributed by atoms with E-state index in [1.807, 2.05) is 0 Å². The minimum Gasteiger partial charge on any atom is -0.465 e. The molecule has 0 fully saturated rings. The first kappa shape index (κ1) is 13.8. The van der Waals surface area contributed by atoms with E-state index in [4.69, 9.17) is 0 Å². The Morgan fingerprint density at radius 1 is 1.24 bits per heavy atom. The number of pyridine rings is 1. The number of aromatic nitrogens is 1. The molecule has 3 rings (SSSR count). The number of methoxy groups -OCH3 is 1. The van der Waals surface area contributed by atoms with Gasteiger partial charge in [0, 0.05) is 10.8 Å². The Labute approximate surface area is 121 Å². The summed E-state index contributed by atoms with van der Waals surface area (Å²) in [6.07, 6.45) is -4.52. The molecule has 0 aliphatic rings. The van der Waals surface area contributed by atoms with Crippen LogP contribution in [-0.4, -0.2) is 18.1 Å². The molecule has 0 aliphatic heterocycles. The van der Waals surface area contributed by atoms with Crippen molar-refractivity contribution in [2.24, 2.45) is 0 Å². The zero-order valence-electron chi connectivity index (χ0n) is 10.7. The van der Waals surface area contributed by atoms with Gasteiger partial charge in [-0.3, -0.25) is 0 Å². The topological polar surface area (TPSA) is 39.2 Å². The van der Waals surface area contributed by atoms with Crippen LogP contribution in [0.2, 0.25) is 0 Å². The SMILES string of the molecule is COC(=O)c1ccc2nc(C(F)(F)F)c3sccc3c2c1. The molecule has 2 aromatic heterocycles. The molecule has 0 unspecified atom stereocenters. The number of carbonyl (C=O) groups is 1. The number of nitrogens with zero attached hydrogens (tertiary/aromatic N) is 1. The summed E-state index contributed by atoms with van der Waals surface area (Å²) in [4.78, 5) is 15.2. The van der Waals surface area contributed by atoms with Gasteiger partial charge in [-0.15, -0.1) is 11.3 Å². The van der Waals surface area contributed by atoms with Crippen LogP contribution in [0.15, 0.2) is 29.6 Å². The van der Waals surface area contributed by atoms with Gasteiger partial charge in [0.25, 0.3) is 0 Å². The Hall–Kier alpha value is -2.15. The van der Waals surface area contributed by atoms with E-state index in [0.717, 1.165) is 11.3 Å². The lowest BCUT2D eigenvalue weighted by Gasteiger charge is -2.10. The molecule has 0 saturated carbocycles. The summed E-state index contributed by atoms with van der Waals surface area (Å²) in [7, 11) is 1.25. The first-order valence-electron chi connectivity index (χ1n) is 5.88. The number of carbonyl (C=O) groups excluding carboxylic acids is 1. The van der Waals surface area contributed by atoms with Crippen molar-refractivity contribution in [3.63, 3.8) is 0 Å². The summed E-state index contributed by atoms with van der Waals surface area (Å²) in [5.74, 6) is -0.542. The Morgan fingerprint density at radius 3 is 2.67 bits per heavy atom. The van der Waals surface area contributed by atoms with Crippen molar-refractivity contribution in [1.29, 1.82) is 0 Å². The van der Waals surface area contributed by atoms with E-state index in [-0.39, 0.29) is 15.8 Å². The maximum atomic E-state index is 13.1. The van der Waals surface area contributed by atoms with Crippen molar-refractivity contribution in [3.8, 4) is 0 Å². The average molecular weight is 311 g/mol. The molecule has 0 radical (unpaired) electrons. The molecule has 3 aromatic rings. The Balaban J connectivity index is 2.37. The molecular formula is C14H8F3NO2S. The summed E-state index contributed by atoms with van der Waals surface area (Å²) < 4.78 is 43.9. The second-order valence-corrected chi connectivity index (χ2v) is 5.26. The highest BCUT2D eigenvalue weighted by Crippen LogP contribution is 2.39. The van der Waals surface area contributed by atoms with E-state index in [9.17, 15) is 18.0 Å². The largest absolute Gasteiger partial charge is 0.465 e. The molecule has 0 amide bonds. The average Bonchev–Trinajstić information content (AvgIpc) is 2.93. The van der Waals surface area contributed by atoms with E-state index in [0.29, 0.717) is 10.8 Å². The number of fused-ring (bicyclic) bond motifs is 3. The third-order valence-electron chi connectivity index (χ3n) is 3.09.